The fraction of sp³-hybridized carbons (Fsp3) is 0.692. The summed E-state index contributed by atoms with van der Waals surface area (Å²) in [5, 5.41) is 2.95. The average molecular weight is 537 g/mol. The van der Waals surface area contributed by atoms with Gasteiger partial charge in [0.25, 0.3) is 0 Å². The summed E-state index contributed by atoms with van der Waals surface area (Å²) in [5.41, 5.74) is 0.508. The van der Waals surface area contributed by atoms with E-state index in [2.05, 4.69) is 31.0 Å². The molecule has 3 heterocycles. The molecule has 1 aromatic rings. The predicted octanol–water partition coefficient (Wildman–Crippen LogP) is 3.03. The number of hydrogen-bond donors (Lipinski definition) is 1. The van der Waals surface area contributed by atoms with Crippen LogP contribution in [0.15, 0.2) is 28.0 Å². The van der Waals surface area contributed by atoms with Crippen molar-refractivity contribution in [3.8, 4) is 0 Å². The molecule has 0 saturated carbocycles. The maximum atomic E-state index is 13.3. The van der Waals surface area contributed by atoms with E-state index in [-0.39, 0.29) is 29.0 Å². The molecule has 2 atom stereocenters. The Morgan fingerprint density at radius 2 is 1.78 bits per heavy atom. The first-order chi connectivity index (χ1) is 17.1. The number of rotatable bonds is 8. The summed E-state index contributed by atoms with van der Waals surface area (Å²) < 4.78 is 28.1. The first-order valence-electron chi connectivity index (χ1n) is 13.2. The number of carbonyl (C=O) groups is 2. The van der Waals surface area contributed by atoms with Gasteiger partial charge in [0.05, 0.1) is 16.3 Å². The Kier molecular flexibility index (Phi) is 9.01. The number of likely N-dealkylation sites (tertiary alicyclic amines) is 1. The number of anilines is 1. The number of carbonyl (C=O) groups excluding carboxylic acids is 2. The van der Waals surface area contributed by atoms with E-state index < -0.39 is 10.0 Å². The molecule has 0 aromatic heterocycles. The normalized spacial score (nSPS) is 24.5. The van der Waals surface area contributed by atoms with Crippen LogP contribution in [0.4, 0.5) is 5.69 Å². The Hall–Kier alpha value is -1.62. The molecule has 36 heavy (non-hydrogen) atoms. The van der Waals surface area contributed by atoms with Gasteiger partial charge in [-0.3, -0.25) is 9.59 Å². The van der Waals surface area contributed by atoms with E-state index in [0.29, 0.717) is 43.1 Å². The number of fused-ring (bicyclic) bond motifs is 1. The average Bonchev–Trinajstić information content (AvgIpc) is 2.83. The zero-order chi connectivity index (χ0) is 25.9. The van der Waals surface area contributed by atoms with Crippen LogP contribution >= 0.6 is 11.8 Å². The molecule has 1 aromatic carbocycles. The maximum absolute atomic E-state index is 13.3. The second kappa shape index (κ2) is 11.8. The quantitative estimate of drug-likeness (QED) is 0.514. The van der Waals surface area contributed by atoms with Gasteiger partial charge in [0.15, 0.2) is 0 Å². The molecule has 2 amide bonds. The molecular weight excluding hydrogens is 496 g/mol. The monoisotopic (exact) mass is 536 g/mol. The minimum absolute atomic E-state index is 0.102. The molecule has 0 radical (unpaired) electrons. The molecule has 10 heteroatoms. The summed E-state index contributed by atoms with van der Waals surface area (Å²) in [6.45, 7) is 11.4. The molecule has 3 aliphatic rings. The van der Waals surface area contributed by atoms with Crippen LogP contribution in [-0.2, 0) is 19.6 Å². The lowest BCUT2D eigenvalue weighted by atomic mass is 9.92. The maximum Gasteiger partial charge on any atom is 0.243 e. The smallest absolute Gasteiger partial charge is 0.243 e. The van der Waals surface area contributed by atoms with E-state index in [1.807, 2.05) is 0 Å². The fourth-order valence-corrected chi connectivity index (χ4v) is 8.00. The van der Waals surface area contributed by atoms with Crippen LogP contribution in [0.1, 0.15) is 46.5 Å². The third-order valence-corrected chi connectivity index (χ3v) is 10.4. The molecule has 2 fully saturated rings. The summed E-state index contributed by atoms with van der Waals surface area (Å²) >= 11 is 1.38. The van der Waals surface area contributed by atoms with Crippen LogP contribution < -0.4 is 10.2 Å². The van der Waals surface area contributed by atoms with Crippen LogP contribution in [0.25, 0.3) is 0 Å². The standard InChI is InChI=1S/C26H40N4O4S2/c1-19-7-11-29(12-8-19)36(33,34)22-5-6-24-23(14-22)30(26(32)18-35-24)17-25(31)27-9-4-10-28-15-20(2)13-21(3)16-28/h5-6,14,19-21H,4,7-13,15-18H2,1-3H3,(H,27,31)/t20-,21+. The molecule has 200 valence electrons. The SMILES string of the molecule is CC1CCN(S(=O)(=O)c2ccc3c(c2)N(CC(=O)NCCCN2C[C@H](C)C[C@H](C)C2)C(=O)CS3)CC1. The van der Waals surface area contributed by atoms with Crippen molar-refractivity contribution in [2.24, 2.45) is 17.8 Å². The van der Waals surface area contributed by atoms with Gasteiger partial charge in [-0.15, -0.1) is 11.8 Å². The highest BCUT2D eigenvalue weighted by atomic mass is 32.2. The third kappa shape index (κ3) is 6.62. The number of amides is 2. The number of nitrogens with one attached hydrogen (secondary N) is 1. The zero-order valence-corrected chi connectivity index (χ0v) is 23.4. The minimum atomic E-state index is -3.64. The van der Waals surface area contributed by atoms with E-state index >= 15 is 0 Å². The van der Waals surface area contributed by atoms with Gasteiger partial charge in [-0.25, -0.2) is 8.42 Å². The number of benzene rings is 1. The van der Waals surface area contributed by atoms with Crippen molar-refractivity contribution < 1.29 is 18.0 Å². The first-order valence-corrected chi connectivity index (χ1v) is 15.6. The minimum Gasteiger partial charge on any atom is -0.355 e. The van der Waals surface area contributed by atoms with Crippen molar-refractivity contribution in [3.63, 3.8) is 0 Å². The Morgan fingerprint density at radius 1 is 1.08 bits per heavy atom. The zero-order valence-electron chi connectivity index (χ0n) is 21.7. The Morgan fingerprint density at radius 3 is 2.47 bits per heavy atom. The molecule has 0 aliphatic carbocycles. The van der Waals surface area contributed by atoms with Gasteiger partial charge in [0, 0.05) is 37.6 Å². The molecule has 0 bridgehead atoms. The summed E-state index contributed by atoms with van der Waals surface area (Å²) in [6.07, 6.45) is 3.83. The molecule has 0 unspecified atom stereocenters. The second-order valence-corrected chi connectivity index (χ2v) is 13.8. The predicted molar refractivity (Wildman–Crippen MR) is 144 cm³/mol. The van der Waals surface area contributed by atoms with Gasteiger partial charge < -0.3 is 15.1 Å². The van der Waals surface area contributed by atoms with Crippen LogP contribution in [0, 0.1) is 17.8 Å². The number of hydrogen-bond acceptors (Lipinski definition) is 6. The van der Waals surface area contributed by atoms with E-state index in [0.717, 1.165) is 43.8 Å². The Balaban J connectivity index is 1.36. The molecule has 4 rings (SSSR count). The van der Waals surface area contributed by atoms with Crippen molar-refractivity contribution in [3.05, 3.63) is 18.2 Å². The van der Waals surface area contributed by atoms with Gasteiger partial charge in [0.2, 0.25) is 21.8 Å². The highest BCUT2D eigenvalue weighted by Crippen LogP contribution is 2.37. The number of nitrogens with zero attached hydrogens (tertiary/aromatic N) is 3. The third-order valence-electron chi connectivity index (χ3n) is 7.47. The van der Waals surface area contributed by atoms with Crippen molar-refractivity contribution in [2.45, 2.75) is 56.2 Å². The van der Waals surface area contributed by atoms with E-state index in [1.54, 1.807) is 18.2 Å². The second-order valence-electron chi connectivity index (χ2n) is 10.9. The summed E-state index contributed by atoms with van der Waals surface area (Å²) in [4.78, 5) is 30.4. The van der Waals surface area contributed by atoms with Crippen molar-refractivity contribution >= 4 is 39.3 Å². The molecule has 8 nitrogen and oxygen atoms in total. The van der Waals surface area contributed by atoms with Crippen molar-refractivity contribution in [2.75, 3.05) is 56.5 Å². The van der Waals surface area contributed by atoms with Gasteiger partial charge >= 0.3 is 0 Å². The number of sulfonamides is 1. The van der Waals surface area contributed by atoms with Gasteiger partial charge in [-0.2, -0.15) is 4.31 Å². The highest BCUT2D eigenvalue weighted by molar-refractivity contribution is 8.00. The number of thioether (sulfide) groups is 1. The summed E-state index contributed by atoms with van der Waals surface area (Å²) in [5.74, 6) is 1.77. The van der Waals surface area contributed by atoms with Gasteiger partial charge in [-0.1, -0.05) is 20.8 Å². The van der Waals surface area contributed by atoms with Gasteiger partial charge in [-0.05, 0) is 68.2 Å². The van der Waals surface area contributed by atoms with Crippen LogP contribution in [-0.4, -0.2) is 81.0 Å². The molecule has 0 spiro atoms. The lowest BCUT2D eigenvalue weighted by Gasteiger charge is -2.35. The van der Waals surface area contributed by atoms with Crippen LogP contribution in [0.5, 0.6) is 0 Å². The van der Waals surface area contributed by atoms with Crippen LogP contribution in [0.2, 0.25) is 0 Å². The molecule has 2 saturated heterocycles. The molecule has 1 N–H and O–H groups in total. The van der Waals surface area contributed by atoms with E-state index in [1.165, 1.54) is 27.4 Å². The lowest BCUT2D eigenvalue weighted by Crippen LogP contribution is -2.44. The molecular formula is C26H40N4O4S2. The topological polar surface area (TPSA) is 90.0 Å². The number of piperidine rings is 2. The largest absolute Gasteiger partial charge is 0.355 e. The Bertz CT molecular complexity index is 1050. The fourth-order valence-electron chi connectivity index (χ4n) is 5.59. The summed E-state index contributed by atoms with van der Waals surface area (Å²) in [7, 11) is -3.64. The van der Waals surface area contributed by atoms with Gasteiger partial charge in [0.1, 0.15) is 6.54 Å². The molecule has 3 aliphatic heterocycles. The lowest BCUT2D eigenvalue weighted by molar-refractivity contribution is -0.123. The van der Waals surface area contributed by atoms with E-state index in [4.69, 9.17) is 0 Å². The first kappa shape index (κ1) is 27.4. The summed E-state index contributed by atoms with van der Waals surface area (Å²) in [6, 6.07) is 4.95. The van der Waals surface area contributed by atoms with E-state index in [9.17, 15) is 18.0 Å². The Labute approximate surface area is 220 Å². The van der Waals surface area contributed by atoms with Crippen LogP contribution in [0.3, 0.4) is 0 Å². The highest BCUT2D eigenvalue weighted by Gasteiger charge is 2.32. The van der Waals surface area contributed by atoms with Crippen molar-refractivity contribution in [1.82, 2.24) is 14.5 Å². The van der Waals surface area contributed by atoms with Crippen molar-refractivity contribution in [1.29, 1.82) is 0 Å².